The molecular formula is C35H38N8O3. The second-order valence-corrected chi connectivity index (χ2v) is 12.8. The molecule has 0 aliphatic carbocycles. The smallest absolute Gasteiger partial charge is 0.355 e. The molecule has 4 aromatic heterocycles. The number of fused-ring (bicyclic) bond motifs is 4. The third kappa shape index (κ3) is 4.47. The number of nitrogens with zero attached hydrogens (tertiary/aromatic N) is 7. The van der Waals surface area contributed by atoms with Crippen LogP contribution in [0.1, 0.15) is 56.0 Å². The summed E-state index contributed by atoms with van der Waals surface area (Å²) in [5, 5.41) is 9.05. The van der Waals surface area contributed by atoms with Crippen LogP contribution >= 0.6 is 0 Å². The van der Waals surface area contributed by atoms with Crippen LogP contribution in [0.5, 0.6) is 5.75 Å². The Morgan fingerprint density at radius 2 is 1.91 bits per heavy atom. The maximum absolute atomic E-state index is 14.4. The number of hydrogen-bond acceptors (Lipinski definition) is 8. The quantitative estimate of drug-likeness (QED) is 0.273. The van der Waals surface area contributed by atoms with E-state index in [1.54, 1.807) is 10.8 Å². The first kappa shape index (κ1) is 29.6. The molecule has 2 aliphatic heterocycles. The standard InChI is InChI=1S/C35H38N8O3/c1-8-26(44)41-16-22(7)42(17-21(41)6)33-28-32-23(12-14-46-32)30(27-19(4)9-10-25-24(27)15-37-40-25)38-34(28)43(35(45)39-33)31-20(5)11-13-36-29(31)18(2)3/h8-11,13,15,18,21-22H,1,12,14,16-17H2,2-7H3,(H,37,40)/t21-,22+/m1/s1. The number of nitrogens with one attached hydrogen (secondary N) is 1. The summed E-state index contributed by atoms with van der Waals surface area (Å²) in [6, 6.07) is 5.73. The molecule has 46 heavy (non-hydrogen) atoms. The number of hydrogen-bond donors (Lipinski definition) is 1. The van der Waals surface area contributed by atoms with Crippen LogP contribution in [-0.4, -0.2) is 72.3 Å². The molecular weight excluding hydrogens is 580 g/mol. The Bertz CT molecular complexity index is 2110. The summed E-state index contributed by atoms with van der Waals surface area (Å²) >= 11 is 0. The number of aromatic nitrogens is 6. The number of anilines is 1. The molecule has 2 atom stereocenters. The number of carbonyl (C=O) groups excluding carboxylic acids is 1. The van der Waals surface area contributed by atoms with Crippen molar-refractivity contribution < 1.29 is 9.53 Å². The van der Waals surface area contributed by atoms with Gasteiger partial charge < -0.3 is 14.5 Å². The van der Waals surface area contributed by atoms with Crippen LogP contribution in [-0.2, 0) is 11.2 Å². The van der Waals surface area contributed by atoms with E-state index in [9.17, 15) is 9.59 Å². The van der Waals surface area contributed by atoms with Crippen molar-refractivity contribution in [1.82, 2.24) is 34.6 Å². The Morgan fingerprint density at radius 3 is 2.67 bits per heavy atom. The minimum atomic E-state index is -0.445. The summed E-state index contributed by atoms with van der Waals surface area (Å²) in [6.45, 7) is 17.3. The number of piperazine rings is 1. The lowest BCUT2D eigenvalue weighted by atomic mass is 9.95. The van der Waals surface area contributed by atoms with Crippen LogP contribution in [0.3, 0.4) is 0 Å². The highest BCUT2D eigenvalue weighted by Gasteiger charge is 2.36. The first-order chi connectivity index (χ1) is 22.1. The summed E-state index contributed by atoms with van der Waals surface area (Å²) in [6.07, 6.45) is 5.62. The van der Waals surface area contributed by atoms with Crippen LogP contribution in [0, 0.1) is 13.8 Å². The summed E-state index contributed by atoms with van der Waals surface area (Å²) in [5.74, 6) is 1.14. The minimum absolute atomic E-state index is 0.0416. The predicted octanol–water partition coefficient (Wildman–Crippen LogP) is 5.01. The van der Waals surface area contributed by atoms with Gasteiger partial charge in [0.05, 0.1) is 35.4 Å². The van der Waals surface area contributed by atoms with E-state index in [-0.39, 0.29) is 23.9 Å². The van der Waals surface area contributed by atoms with Crippen molar-refractivity contribution >= 4 is 33.7 Å². The number of aryl methyl sites for hydroxylation is 2. The molecule has 1 saturated heterocycles. The van der Waals surface area contributed by atoms with Gasteiger partial charge in [-0.1, -0.05) is 26.5 Å². The molecule has 1 N–H and O–H groups in total. The van der Waals surface area contributed by atoms with Crippen molar-refractivity contribution in [3.05, 3.63) is 76.1 Å². The topological polar surface area (TPSA) is 122 Å². The van der Waals surface area contributed by atoms with Crippen molar-refractivity contribution in [2.75, 3.05) is 24.6 Å². The van der Waals surface area contributed by atoms with Gasteiger partial charge in [-0.05, 0) is 62.9 Å². The number of carbonyl (C=O) groups is 1. The van der Waals surface area contributed by atoms with Gasteiger partial charge in [0.1, 0.15) is 17.0 Å². The van der Waals surface area contributed by atoms with Crippen molar-refractivity contribution in [2.45, 2.75) is 66.0 Å². The molecule has 11 heteroatoms. The first-order valence-electron chi connectivity index (χ1n) is 15.8. The van der Waals surface area contributed by atoms with E-state index in [1.807, 2.05) is 44.0 Å². The van der Waals surface area contributed by atoms with Gasteiger partial charge in [-0.3, -0.25) is 14.9 Å². The van der Waals surface area contributed by atoms with E-state index in [0.29, 0.717) is 54.4 Å². The number of pyridine rings is 2. The normalized spacial score (nSPS) is 18.0. The zero-order valence-corrected chi connectivity index (χ0v) is 27.1. The SMILES string of the molecule is C=CC(=O)N1C[C@H](C)N(c2nc(=O)n(-c3c(C)ccnc3C(C)C)c3nc(-c4c(C)ccc5[nH]ncc45)c4c(c23)OCC4)C[C@H]1C. The fraction of sp³-hybridized carbons (Fsp3) is 0.371. The van der Waals surface area contributed by atoms with Gasteiger partial charge in [-0.25, -0.2) is 14.3 Å². The van der Waals surface area contributed by atoms with E-state index in [1.165, 1.54) is 6.08 Å². The molecule has 5 aromatic rings. The molecule has 236 valence electrons. The number of benzene rings is 1. The Morgan fingerprint density at radius 1 is 1.11 bits per heavy atom. The number of H-pyrrole nitrogens is 1. The van der Waals surface area contributed by atoms with E-state index < -0.39 is 5.69 Å². The molecule has 6 heterocycles. The highest BCUT2D eigenvalue weighted by atomic mass is 16.5. The molecule has 1 aromatic carbocycles. The van der Waals surface area contributed by atoms with E-state index >= 15 is 0 Å². The van der Waals surface area contributed by atoms with E-state index in [4.69, 9.17) is 19.7 Å². The largest absolute Gasteiger partial charge is 0.492 e. The van der Waals surface area contributed by atoms with Gasteiger partial charge >= 0.3 is 5.69 Å². The molecule has 0 unspecified atom stereocenters. The number of amides is 1. The number of rotatable bonds is 5. The fourth-order valence-electron chi connectivity index (χ4n) is 7.07. The number of aromatic amines is 1. The monoisotopic (exact) mass is 618 g/mol. The van der Waals surface area contributed by atoms with Gasteiger partial charge in [-0.15, -0.1) is 0 Å². The number of ether oxygens (including phenoxy) is 1. The van der Waals surface area contributed by atoms with Gasteiger partial charge in [0.25, 0.3) is 0 Å². The van der Waals surface area contributed by atoms with Gasteiger partial charge in [0.2, 0.25) is 5.91 Å². The lowest BCUT2D eigenvalue weighted by Crippen LogP contribution is -2.58. The molecule has 0 radical (unpaired) electrons. The predicted molar refractivity (Wildman–Crippen MR) is 179 cm³/mol. The molecule has 0 saturated carbocycles. The summed E-state index contributed by atoms with van der Waals surface area (Å²) < 4.78 is 8.10. The third-order valence-corrected chi connectivity index (χ3v) is 9.36. The van der Waals surface area contributed by atoms with E-state index in [0.717, 1.165) is 44.5 Å². The zero-order valence-electron chi connectivity index (χ0n) is 27.1. The summed E-state index contributed by atoms with van der Waals surface area (Å²) in [7, 11) is 0. The van der Waals surface area contributed by atoms with E-state index in [2.05, 4.69) is 48.5 Å². The molecule has 1 amide bonds. The maximum atomic E-state index is 14.4. The second-order valence-electron chi connectivity index (χ2n) is 12.8. The first-order valence-corrected chi connectivity index (χ1v) is 15.8. The van der Waals surface area contributed by atoms with Gasteiger partial charge in [0, 0.05) is 54.3 Å². The minimum Gasteiger partial charge on any atom is -0.492 e. The Hall–Kier alpha value is -5.06. The Kier molecular flexibility index (Phi) is 7.14. The maximum Gasteiger partial charge on any atom is 0.355 e. The highest BCUT2D eigenvalue weighted by Crippen LogP contribution is 2.45. The lowest BCUT2D eigenvalue weighted by molar-refractivity contribution is -0.128. The van der Waals surface area contributed by atoms with Gasteiger partial charge in [-0.2, -0.15) is 10.1 Å². The van der Waals surface area contributed by atoms with Crippen molar-refractivity contribution in [3.63, 3.8) is 0 Å². The average Bonchev–Trinajstić information content (AvgIpc) is 3.71. The molecule has 1 fully saturated rings. The molecule has 0 bridgehead atoms. The lowest BCUT2D eigenvalue weighted by Gasteiger charge is -2.44. The molecule has 0 spiro atoms. The van der Waals surface area contributed by atoms with Crippen LogP contribution in [0.25, 0.3) is 38.9 Å². The fourth-order valence-corrected chi connectivity index (χ4v) is 7.07. The van der Waals surface area contributed by atoms with Crippen LogP contribution < -0.4 is 15.3 Å². The molecule has 7 rings (SSSR count). The van der Waals surface area contributed by atoms with Crippen molar-refractivity contribution in [2.24, 2.45) is 0 Å². The van der Waals surface area contributed by atoms with Crippen LogP contribution in [0.4, 0.5) is 5.82 Å². The average molecular weight is 619 g/mol. The second kappa shape index (κ2) is 11.1. The third-order valence-electron chi connectivity index (χ3n) is 9.36. The molecule has 11 nitrogen and oxygen atoms in total. The Labute approximate surface area is 266 Å². The zero-order chi connectivity index (χ0) is 32.4. The highest BCUT2D eigenvalue weighted by molar-refractivity contribution is 6.02. The Balaban J connectivity index is 1.59. The molecule has 2 aliphatic rings. The van der Waals surface area contributed by atoms with Crippen LogP contribution in [0.2, 0.25) is 0 Å². The van der Waals surface area contributed by atoms with Crippen LogP contribution in [0.15, 0.2) is 48.0 Å². The summed E-state index contributed by atoms with van der Waals surface area (Å²) in [5.41, 5.74) is 7.04. The van der Waals surface area contributed by atoms with Crippen molar-refractivity contribution in [1.29, 1.82) is 0 Å². The van der Waals surface area contributed by atoms with Gasteiger partial charge in [0.15, 0.2) is 5.65 Å². The summed E-state index contributed by atoms with van der Waals surface area (Å²) in [4.78, 5) is 46.0. The van der Waals surface area contributed by atoms with Crippen molar-refractivity contribution in [3.8, 4) is 22.7 Å².